The van der Waals surface area contributed by atoms with Gasteiger partial charge in [0.1, 0.15) is 0 Å². The van der Waals surface area contributed by atoms with Crippen LogP contribution in [-0.4, -0.2) is 20.5 Å². The Labute approximate surface area is 121 Å². The summed E-state index contributed by atoms with van der Waals surface area (Å²) in [5.41, 5.74) is 6.11. The van der Waals surface area contributed by atoms with Crippen LogP contribution in [0.5, 0.6) is 5.88 Å². The SMILES string of the molecule is COc1ccc(NS(=O)(=O)c2ccc(Cl)c(N)c2)cn1. The summed E-state index contributed by atoms with van der Waals surface area (Å²) in [6.07, 6.45) is 1.36. The van der Waals surface area contributed by atoms with Crippen molar-refractivity contribution in [1.82, 2.24) is 4.98 Å². The summed E-state index contributed by atoms with van der Waals surface area (Å²) >= 11 is 5.76. The molecule has 0 aliphatic carbocycles. The van der Waals surface area contributed by atoms with Crippen molar-refractivity contribution in [1.29, 1.82) is 0 Å². The number of pyridine rings is 1. The van der Waals surface area contributed by atoms with Crippen LogP contribution in [0.3, 0.4) is 0 Å². The summed E-state index contributed by atoms with van der Waals surface area (Å²) < 4.78 is 31.6. The van der Waals surface area contributed by atoms with Gasteiger partial charge in [0.05, 0.1) is 34.6 Å². The fraction of sp³-hybridized carbons (Fsp3) is 0.0833. The van der Waals surface area contributed by atoms with Gasteiger partial charge in [-0.1, -0.05) is 11.6 Å². The first kappa shape index (κ1) is 14.4. The van der Waals surface area contributed by atoms with E-state index in [-0.39, 0.29) is 10.6 Å². The molecule has 8 heteroatoms. The van der Waals surface area contributed by atoms with Gasteiger partial charge >= 0.3 is 0 Å². The predicted molar refractivity (Wildman–Crippen MR) is 77.5 cm³/mol. The number of rotatable bonds is 4. The van der Waals surface area contributed by atoms with Crippen LogP contribution in [0.25, 0.3) is 0 Å². The molecule has 1 aromatic carbocycles. The minimum Gasteiger partial charge on any atom is -0.481 e. The molecular formula is C12H12ClN3O3S. The topological polar surface area (TPSA) is 94.3 Å². The molecule has 0 unspecified atom stereocenters. The maximum absolute atomic E-state index is 12.2. The zero-order valence-electron chi connectivity index (χ0n) is 10.5. The number of halogens is 1. The van der Waals surface area contributed by atoms with Crippen molar-refractivity contribution in [2.45, 2.75) is 4.90 Å². The van der Waals surface area contributed by atoms with Crippen molar-refractivity contribution in [3.8, 4) is 5.88 Å². The molecule has 0 aliphatic rings. The minimum absolute atomic E-state index is 0.0234. The molecule has 0 fully saturated rings. The van der Waals surface area contributed by atoms with Gasteiger partial charge in [-0.2, -0.15) is 0 Å². The van der Waals surface area contributed by atoms with Gasteiger partial charge in [-0.05, 0) is 24.3 Å². The molecule has 2 aromatic rings. The number of nitrogens with one attached hydrogen (secondary N) is 1. The number of hydrogen-bond acceptors (Lipinski definition) is 5. The summed E-state index contributed by atoms with van der Waals surface area (Å²) in [6, 6.07) is 7.19. The molecule has 20 heavy (non-hydrogen) atoms. The Bertz CT molecular complexity index is 717. The van der Waals surface area contributed by atoms with E-state index in [2.05, 4.69) is 9.71 Å². The Kier molecular flexibility index (Phi) is 4.01. The van der Waals surface area contributed by atoms with Gasteiger partial charge < -0.3 is 10.5 Å². The molecule has 0 radical (unpaired) electrons. The van der Waals surface area contributed by atoms with E-state index >= 15 is 0 Å². The maximum Gasteiger partial charge on any atom is 0.262 e. The lowest BCUT2D eigenvalue weighted by molar-refractivity contribution is 0.398. The molecule has 6 nitrogen and oxygen atoms in total. The van der Waals surface area contributed by atoms with Crippen molar-refractivity contribution < 1.29 is 13.2 Å². The minimum atomic E-state index is -3.74. The molecular weight excluding hydrogens is 302 g/mol. The third-order valence-electron chi connectivity index (χ3n) is 2.48. The van der Waals surface area contributed by atoms with E-state index in [9.17, 15) is 8.42 Å². The van der Waals surface area contributed by atoms with Crippen LogP contribution in [0.15, 0.2) is 41.4 Å². The second-order valence-corrected chi connectivity index (χ2v) is 5.97. The van der Waals surface area contributed by atoms with Crippen molar-refractivity contribution >= 4 is 33.0 Å². The lowest BCUT2D eigenvalue weighted by Gasteiger charge is -2.09. The molecule has 1 heterocycles. The fourth-order valence-corrected chi connectivity index (χ4v) is 2.66. The first-order valence-electron chi connectivity index (χ1n) is 5.50. The number of nitrogens with zero attached hydrogens (tertiary/aromatic N) is 1. The fourth-order valence-electron chi connectivity index (χ4n) is 1.46. The zero-order chi connectivity index (χ0) is 14.8. The normalized spacial score (nSPS) is 11.1. The average molecular weight is 314 g/mol. The number of methoxy groups -OCH3 is 1. The summed E-state index contributed by atoms with van der Waals surface area (Å²) in [5.74, 6) is 0.392. The summed E-state index contributed by atoms with van der Waals surface area (Å²) in [4.78, 5) is 3.94. The molecule has 1 aromatic heterocycles. The van der Waals surface area contributed by atoms with Crippen LogP contribution in [0.1, 0.15) is 0 Å². The number of ether oxygens (including phenoxy) is 1. The summed E-state index contributed by atoms with van der Waals surface area (Å²) in [5, 5.41) is 0.301. The van der Waals surface area contributed by atoms with E-state index in [1.807, 2.05) is 0 Å². The smallest absolute Gasteiger partial charge is 0.262 e. The van der Waals surface area contributed by atoms with Crippen molar-refractivity contribution in [2.75, 3.05) is 17.6 Å². The van der Waals surface area contributed by atoms with E-state index in [4.69, 9.17) is 22.1 Å². The van der Waals surface area contributed by atoms with Gasteiger partial charge in [-0.15, -0.1) is 0 Å². The Hall–Kier alpha value is -1.99. The predicted octanol–water partition coefficient (Wildman–Crippen LogP) is 2.13. The second kappa shape index (κ2) is 5.56. The molecule has 0 spiro atoms. The number of benzene rings is 1. The second-order valence-electron chi connectivity index (χ2n) is 3.88. The first-order valence-corrected chi connectivity index (χ1v) is 7.36. The Balaban J connectivity index is 2.27. The van der Waals surface area contributed by atoms with E-state index in [0.717, 1.165) is 0 Å². The summed E-state index contributed by atoms with van der Waals surface area (Å²) in [7, 11) is -2.27. The lowest BCUT2D eigenvalue weighted by atomic mass is 10.3. The lowest BCUT2D eigenvalue weighted by Crippen LogP contribution is -2.13. The van der Waals surface area contributed by atoms with E-state index in [1.54, 1.807) is 12.1 Å². The van der Waals surface area contributed by atoms with Crippen LogP contribution >= 0.6 is 11.6 Å². The standard InChI is InChI=1S/C12H12ClN3O3S/c1-19-12-5-2-8(7-15-12)16-20(17,18)9-3-4-10(13)11(14)6-9/h2-7,16H,14H2,1H3. The first-order chi connectivity index (χ1) is 9.42. The Morgan fingerprint density at radius 2 is 2.05 bits per heavy atom. The average Bonchev–Trinajstić information content (AvgIpc) is 2.42. The third-order valence-corrected chi connectivity index (χ3v) is 4.20. The van der Waals surface area contributed by atoms with Gasteiger partial charge in [0.15, 0.2) is 0 Å². The monoisotopic (exact) mass is 313 g/mol. The van der Waals surface area contributed by atoms with Crippen LogP contribution < -0.4 is 15.2 Å². The van der Waals surface area contributed by atoms with Crippen LogP contribution in [0.4, 0.5) is 11.4 Å². The number of nitrogens with two attached hydrogens (primary N) is 1. The van der Waals surface area contributed by atoms with Gasteiger partial charge in [0.25, 0.3) is 10.0 Å². The Morgan fingerprint density at radius 3 is 2.60 bits per heavy atom. The highest BCUT2D eigenvalue weighted by Gasteiger charge is 2.15. The molecule has 0 amide bonds. The van der Waals surface area contributed by atoms with Crippen LogP contribution in [0, 0.1) is 0 Å². The molecule has 0 atom stereocenters. The molecule has 106 valence electrons. The highest BCUT2D eigenvalue weighted by atomic mass is 35.5. The highest BCUT2D eigenvalue weighted by molar-refractivity contribution is 7.92. The van der Waals surface area contributed by atoms with Gasteiger partial charge in [0.2, 0.25) is 5.88 Å². The number of aromatic nitrogens is 1. The van der Waals surface area contributed by atoms with Gasteiger partial charge in [-0.25, -0.2) is 13.4 Å². The molecule has 0 aliphatic heterocycles. The van der Waals surface area contributed by atoms with Crippen molar-refractivity contribution in [2.24, 2.45) is 0 Å². The zero-order valence-corrected chi connectivity index (χ0v) is 12.1. The van der Waals surface area contributed by atoms with Gasteiger partial charge in [0, 0.05) is 6.07 Å². The van der Waals surface area contributed by atoms with E-state index in [1.165, 1.54) is 31.5 Å². The van der Waals surface area contributed by atoms with E-state index < -0.39 is 10.0 Å². The molecule has 0 saturated carbocycles. The van der Waals surface area contributed by atoms with Gasteiger partial charge in [-0.3, -0.25) is 4.72 Å². The number of sulfonamides is 1. The molecule has 2 rings (SSSR count). The molecule has 3 N–H and O–H groups in total. The largest absolute Gasteiger partial charge is 0.481 e. The quantitative estimate of drug-likeness (QED) is 0.843. The Morgan fingerprint density at radius 1 is 1.30 bits per heavy atom. The molecule has 0 saturated heterocycles. The van der Waals surface area contributed by atoms with Crippen LogP contribution in [0.2, 0.25) is 5.02 Å². The third kappa shape index (κ3) is 3.12. The highest BCUT2D eigenvalue weighted by Crippen LogP contribution is 2.24. The van der Waals surface area contributed by atoms with Crippen molar-refractivity contribution in [3.05, 3.63) is 41.6 Å². The molecule has 0 bridgehead atoms. The van der Waals surface area contributed by atoms with E-state index in [0.29, 0.717) is 16.6 Å². The number of anilines is 2. The number of nitrogen functional groups attached to an aromatic ring is 1. The van der Waals surface area contributed by atoms with Crippen LogP contribution in [-0.2, 0) is 10.0 Å². The van der Waals surface area contributed by atoms with Crippen molar-refractivity contribution in [3.63, 3.8) is 0 Å². The number of hydrogen-bond donors (Lipinski definition) is 2. The maximum atomic E-state index is 12.2. The summed E-state index contributed by atoms with van der Waals surface area (Å²) in [6.45, 7) is 0.